The van der Waals surface area contributed by atoms with Crippen LogP contribution in [0.25, 0.3) is 0 Å². The van der Waals surface area contributed by atoms with Gasteiger partial charge in [-0.2, -0.15) is 0 Å². The first-order chi connectivity index (χ1) is 6.99. The first-order valence-electron chi connectivity index (χ1n) is 5.74. The van der Waals surface area contributed by atoms with E-state index in [0.29, 0.717) is 24.0 Å². The Morgan fingerprint density at radius 2 is 1.87 bits per heavy atom. The van der Waals surface area contributed by atoms with Crippen LogP contribution < -0.4 is 0 Å². The topological polar surface area (TPSA) is 17.1 Å². The molecular weight excluding hydrogens is 204 g/mol. The summed E-state index contributed by atoms with van der Waals surface area (Å²) in [6.07, 6.45) is 4.87. The number of thioether (sulfide) groups is 1. The first kappa shape index (κ1) is 14.8. The highest BCUT2D eigenvalue weighted by Gasteiger charge is 2.22. The zero-order valence-electron chi connectivity index (χ0n) is 10.6. The minimum Gasteiger partial charge on any atom is -0.298 e. The van der Waals surface area contributed by atoms with Gasteiger partial charge in [0.05, 0.1) is 5.25 Å². The summed E-state index contributed by atoms with van der Waals surface area (Å²) >= 11 is 1.77. The molecular formula is C13H24OS. The molecule has 0 fully saturated rings. The molecule has 15 heavy (non-hydrogen) atoms. The number of rotatable bonds is 7. The van der Waals surface area contributed by atoms with Crippen LogP contribution in [0.5, 0.6) is 0 Å². The van der Waals surface area contributed by atoms with Crippen LogP contribution in [0.2, 0.25) is 0 Å². The molecule has 0 bridgehead atoms. The second-order valence-corrected chi connectivity index (χ2v) is 5.81. The third-order valence-electron chi connectivity index (χ3n) is 2.14. The van der Waals surface area contributed by atoms with Crippen molar-refractivity contribution in [1.29, 1.82) is 0 Å². The Kier molecular flexibility index (Phi) is 7.85. The van der Waals surface area contributed by atoms with Crippen molar-refractivity contribution in [3.63, 3.8) is 0 Å². The van der Waals surface area contributed by atoms with E-state index in [1.165, 1.54) is 0 Å². The van der Waals surface area contributed by atoms with Crippen molar-refractivity contribution < 1.29 is 4.79 Å². The van der Waals surface area contributed by atoms with E-state index in [2.05, 4.69) is 33.8 Å². The van der Waals surface area contributed by atoms with Crippen LogP contribution in [0.4, 0.5) is 0 Å². The molecule has 0 aliphatic carbocycles. The van der Waals surface area contributed by atoms with E-state index in [1.807, 2.05) is 13.0 Å². The van der Waals surface area contributed by atoms with Crippen molar-refractivity contribution in [3.05, 3.63) is 12.2 Å². The van der Waals surface area contributed by atoms with Gasteiger partial charge in [-0.25, -0.2) is 0 Å². The first-order valence-corrected chi connectivity index (χ1v) is 6.79. The standard InChI is InChI=1S/C13H24OS/c1-6-7-8-15-13(11(4)5)12(14)9-10(2)3/h6-7,10-11,13H,8-9H2,1-5H3. The van der Waals surface area contributed by atoms with E-state index >= 15 is 0 Å². The molecule has 0 radical (unpaired) electrons. The Morgan fingerprint density at radius 3 is 2.27 bits per heavy atom. The van der Waals surface area contributed by atoms with Crippen molar-refractivity contribution >= 4 is 17.5 Å². The van der Waals surface area contributed by atoms with Gasteiger partial charge in [-0.15, -0.1) is 11.8 Å². The minimum atomic E-state index is 0.170. The molecule has 0 N–H and O–H groups in total. The molecule has 0 aromatic heterocycles. The van der Waals surface area contributed by atoms with Crippen LogP contribution >= 0.6 is 11.8 Å². The number of allylic oxidation sites excluding steroid dienone is 1. The summed E-state index contributed by atoms with van der Waals surface area (Å²) in [5.41, 5.74) is 0. The summed E-state index contributed by atoms with van der Waals surface area (Å²) in [4.78, 5) is 11.9. The molecule has 0 aromatic carbocycles. The van der Waals surface area contributed by atoms with Crippen molar-refractivity contribution in [2.75, 3.05) is 5.75 Å². The van der Waals surface area contributed by atoms with Crippen LogP contribution in [0.1, 0.15) is 41.0 Å². The largest absolute Gasteiger partial charge is 0.298 e. The highest BCUT2D eigenvalue weighted by Crippen LogP contribution is 2.23. The van der Waals surface area contributed by atoms with E-state index in [-0.39, 0.29) is 5.25 Å². The molecule has 0 aliphatic heterocycles. The second kappa shape index (κ2) is 7.98. The number of carbonyl (C=O) groups excluding carboxylic acids is 1. The van der Waals surface area contributed by atoms with Crippen molar-refractivity contribution in [3.8, 4) is 0 Å². The van der Waals surface area contributed by atoms with Gasteiger partial charge in [-0.1, -0.05) is 39.8 Å². The highest BCUT2D eigenvalue weighted by atomic mass is 32.2. The maximum atomic E-state index is 11.9. The monoisotopic (exact) mass is 228 g/mol. The van der Waals surface area contributed by atoms with Crippen LogP contribution in [0, 0.1) is 11.8 Å². The maximum absolute atomic E-state index is 11.9. The molecule has 0 aromatic rings. The normalized spacial score (nSPS) is 14.1. The molecule has 0 aliphatic rings. The average molecular weight is 228 g/mol. The molecule has 0 amide bonds. The summed E-state index contributed by atoms with van der Waals surface area (Å²) in [6, 6.07) is 0. The molecule has 0 spiro atoms. The number of Topliss-reactive ketones (excluding diaryl/α,β-unsaturated/α-hetero) is 1. The van der Waals surface area contributed by atoms with E-state index in [9.17, 15) is 4.79 Å². The zero-order valence-corrected chi connectivity index (χ0v) is 11.4. The average Bonchev–Trinajstić information content (AvgIpc) is 2.10. The van der Waals surface area contributed by atoms with Crippen molar-refractivity contribution in [1.82, 2.24) is 0 Å². The third-order valence-corrected chi connectivity index (χ3v) is 3.69. The van der Waals surface area contributed by atoms with E-state index < -0.39 is 0 Å². The molecule has 2 heteroatoms. The lowest BCUT2D eigenvalue weighted by molar-refractivity contribution is -0.119. The van der Waals surface area contributed by atoms with E-state index in [0.717, 1.165) is 5.75 Å². The van der Waals surface area contributed by atoms with Gasteiger partial charge < -0.3 is 0 Å². The summed E-state index contributed by atoms with van der Waals surface area (Å²) in [6.45, 7) is 10.5. The number of hydrogen-bond donors (Lipinski definition) is 0. The van der Waals surface area contributed by atoms with Crippen molar-refractivity contribution in [2.45, 2.75) is 46.3 Å². The quantitative estimate of drug-likeness (QED) is 0.614. The Balaban J connectivity index is 4.19. The minimum absolute atomic E-state index is 0.170. The fourth-order valence-corrected chi connectivity index (χ4v) is 2.61. The molecule has 1 nitrogen and oxygen atoms in total. The predicted octanol–water partition coefficient (Wildman–Crippen LogP) is 3.94. The van der Waals surface area contributed by atoms with Gasteiger partial charge in [0, 0.05) is 12.2 Å². The predicted molar refractivity (Wildman–Crippen MR) is 70.4 cm³/mol. The lowest BCUT2D eigenvalue weighted by Gasteiger charge is -2.19. The van der Waals surface area contributed by atoms with Gasteiger partial charge in [0.15, 0.2) is 0 Å². The summed E-state index contributed by atoms with van der Waals surface area (Å²) in [5.74, 6) is 2.27. The molecule has 0 saturated heterocycles. The summed E-state index contributed by atoms with van der Waals surface area (Å²) in [5, 5.41) is 0.170. The van der Waals surface area contributed by atoms with Gasteiger partial charge in [0.1, 0.15) is 5.78 Å². The smallest absolute Gasteiger partial charge is 0.146 e. The highest BCUT2D eigenvalue weighted by molar-refractivity contribution is 8.00. The Labute approximate surface area is 98.7 Å². The summed E-state index contributed by atoms with van der Waals surface area (Å²) < 4.78 is 0. The molecule has 0 saturated carbocycles. The van der Waals surface area contributed by atoms with Gasteiger partial charge in [-0.05, 0) is 18.8 Å². The molecule has 1 atom stereocenters. The van der Waals surface area contributed by atoms with Gasteiger partial charge in [-0.3, -0.25) is 4.79 Å². The molecule has 88 valence electrons. The second-order valence-electron chi connectivity index (χ2n) is 4.63. The summed E-state index contributed by atoms with van der Waals surface area (Å²) in [7, 11) is 0. The van der Waals surface area contributed by atoms with Crippen LogP contribution in [0.15, 0.2) is 12.2 Å². The van der Waals surface area contributed by atoms with Gasteiger partial charge in [0.25, 0.3) is 0 Å². The molecule has 1 unspecified atom stereocenters. The van der Waals surface area contributed by atoms with Gasteiger partial charge >= 0.3 is 0 Å². The van der Waals surface area contributed by atoms with E-state index in [1.54, 1.807) is 11.8 Å². The number of carbonyl (C=O) groups is 1. The van der Waals surface area contributed by atoms with Gasteiger partial charge in [0.2, 0.25) is 0 Å². The SMILES string of the molecule is CC=CCSC(C(=O)CC(C)C)C(C)C. The van der Waals surface area contributed by atoms with E-state index in [4.69, 9.17) is 0 Å². The zero-order chi connectivity index (χ0) is 11.8. The number of hydrogen-bond acceptors (Lipinski definition) is 2. The Morgan fingerprint density at radius 1 is 1.27 bits per heavy atom. The van der Waals surface area contributed by atoms with Crippen molar-refractivity contribution in [2.24, 2.45) is 11.8 Å². The molecule has 0 heterocycles. The Bertz CT molecular complexity index is 207. The Hall–Kier alpha value is -0.240. The lowest BCUT2D eigenvalue weighted by Crippen LogP contribution is -2.24. The third kappa shape index (κ3) is 6.77. The lowest BCUT2D eigenvalue weighted by atomic mass is 9.99. The fraction of sp³-hybridized carbons (Fsp3) is 0.769. The van der Waals surface area contributed by atoms with Crippen LogP contribution in [-0.2, 0) is 4.79 Å². The molecule has 0 rings (SSSR count). The van der Waals surface area contributed by atoms with Crippen LogP contribution in [0.3, 0.4) is 0 Å². The number of ketones is 1. The van der Waals surface area contributed by atoms with Crippen LogP contribution in [-0.4, -0.2) is 16.8 Å². The fourth-order valence-electron chi connectivity index (χ4n) is 1.43. The maximum Gasteiger partial charge on any atom is 0.146 e.